The molecule has 0 aromatic heterocycles. The van der Waals surface area contributed by atoms with Crippen LogP contribution in [-0.2, 0) is 17.8 Å². The molecule has 1 aliphatic carbocycles. The fourth-order valence-corrected chi connectivity index (χ4v) is 2.90. The van der Waals surface area contributed by atoms with Gasteiger partial charge < -0.3 is 5.32 Å². The van der Waals surface area contributed by atoms with Gasteiger partial charge in [-0.05, 0) is 36.5 Å². The Labute approximate surface area is 138 Å². The van der Waals surface area contributed by atoms with Crippen LogP contribution in [0.1, 0.15) is 30.9 Å². The molecule has 1 fully saturated rings. The molecule has 1 saturated carbocycles. The third kappa shape index (κ3) is 4.42. The third-order valence-corrected chi connectivity index (χ3v) is 4.31. The van der Waals surface area contributed by atoms with Gasteiger partial charge in [-0.3, -0.25) is 9.69 Å². The molecule has 0 atom stereocenters. The Bertz CT molecular complexity index is 650. The molecule has 0 saturated heterocycles. The number of carbonyl (C=O) groups excluding carboxylic acids is 1. The number of anilines is 1. The van der Waals surface area contributed by atoms with Gasteiger partial charge in [-0.1, -0.05) is 55.5 Å². The number of nitrogens with one attached hydrogen (secondary N) is 1. The summed E-state index contributed by atoms with van der Waals surface area (Å²) in [6, 6.07) is 19.0. The van der Waals surface area contributed by atoms with Crippen molar-refractivity contribution >= 4 is 11.6 Å². The van der Waals surface area contributed by atoms with Gasteiger partial charge in [0.05, 0.1) is 6.54 Å². The van der Waals surface area contributed by atoms with Crippen LogP contribution in [0.4, 0.5) is 5.69 Å². The molecule has 3 nitrogen and oxygen atoms in total. The Morgan fingerprint density at radius 1 is 1.09 bits per heavy atom. The second-order valence-corrected chi connectivity index (χ2v) is 6.18. The van der Waals surface area contributed by atoms with Crippen molar-refractivity contribution in [3.8, 4) is 0 Å². The van der Waals surface area contributed by atoms with Crippen LogP contribution in [0.25, 0.3) is 0 Å². The molecule has 0 unspecified atom stereocenters. The molecule has 0 heterocycles. The summed E-state index contributed by atoms with van der Waals surface area (Å²) in [4.78, 5) is 14.8. The fraction of sp³-hybridized carbons (Fsp3) is 0.350. The lowest BCUT2D eigenvalue weighted by molar-refractivity contribution is -0.117. The molecule has 0 aliphatic heterocycles. The normalized spacial score (nSPS) is 14.0. The second kappa shape index (κ2) is 7.42. The molecule has 1 aliphatic rings. The highest BCUT2D eigenvalue weighted by Gasteiger charge is 2.30. The molecule has 1 amide bonds. The van der Waals surface area contributed by atoms with Gasteiger partial charge in [-0.25, -0.2) is 0 Å². The molecule has 3 rings (SSSR count). The summed E-state index contributed by atoms with van der Waals surface area (Å²) >= 11 is 0. The first-order valence-electron chi connectivity index (χ1n) is 8.42. The second-order valence-electron chi connectivity index (χ2n) is 6.18. The SMILES string of the molecule is CCc1ccccc1NC(=O)CN(Cc1ccccc1)C1CC1. The average Bonchev–Trinajstić information content (AvgIpc) is 3.40. The van der Waals surface area contributed by atoms with E-state index in [4.69, 9.17) is 0 Å². The van der Waals surface area contributed by atoms with Gasteiger partial charge in [-0.15, -0.1) is 0 Å². The van der Waals surface area contributed by atoms with E-state index in [-0.39, 0.29) is 5.91 Å². The monoisotopic (exact) mass is 308 g/mol. The standard InChI is InChI=1S/C20H24N2O/c1-2-17-10-6-7-11-19(17)21-20(23)15-22(18-12-13-18)14-16-8-4-3-5-9-16/h3-11,18H,2,12-15H2,1H3,(H,21,23). The van der Waals surface area contributed by atoms with E-state index in [0.717, 1.165) is 18.7 Å². The van der Waals surface area contributed by atoms with E-state index in [1.165, 1.54) is 24.0 Å². The molecular formula is C20H24N2O. The van der Waals surface area contributed by atoms with E-state index in [0.29, 0.717) is 12.6 Å². The fourth-order valence-electron chi connectivity index (χ4n) is 2.90. The lowest BCUT2D eigenvalue weighted by atomic mass is 10.1. The molecule has 0 radical (unpaired) electrons. The largest absolute Gasteiger partial charge is 0.325 e. The molecule has 2 aromatic rings. The predicted molar refractivity (Wildman–Crippen MR) is 94.3 cm³/mol. The van der Waals surface area contributed by atoms with E-state index in [1.807, 2.05) is 24.3 Å². The van der Waals surface area contributed by atoms with Crippen molar-refractivity contribution in [3.05, 3.63) is 65.7 Å². The van der Waals surface area contributed by atoms with Gasteiger partial charge in [0.15, 0.2) is 0 Å². The zero-order chi connectivity index (χ0) is 16.1. The van der Waals surface area contributed by atoms with Gasteiger partial charge in [0, 0.05) is 18.3 Å². The lowest BCUT2D eigenvalue weighted by Gasteiger charge is -2.22. The number of aryl methyl sites for hydroxylation is 1. The number of hydrogen-bond acceptors (Lipinski definition) is 2. The van der Waals surface area contributed by atoms with E-state index in [9.17, 15) is 4.79 Å². The minimum Gasteiger partial charge on any atom is -0.325 e. The summed E-state index contributed by atoms with van der Waals surface area (Å²) in [5.41, 5.74) is 3.39. The maximum absolute atomic E-state index is 12.5. The van der Waals surface area contributed by atoms with Crippen LogP contribution in [-0.4, -0.2) is 23.4 Å². The number of rotatable bonds is 7. The van der Waals surface area contributed by atoms with Crippen molar-refractivity contribution in [2.45, 2.75) is 38.8 Å². The number of nitrogens with zero attached hydrogens (tertiary/aromatic N) is 1. The first-order valence-corrected chi connectivity index (χ1v) is 8.42. The van der Waals surface area contributed by atoms with Crippen molar-refractivity contribution < 1.29 is 4.79 Å². The molecule has 0 bridgehead atoms. The lowest BCUT2D eigenvalue weighted by Crippen LogP contribution is -2.34. The highest BCUT2D eigenvalue weighted by molar-refractivity contribution is 5.93. The van der Waals surface area contributed by atoms with Crippen molar-refractivity contribution in [1.82, 2.24) is 4.90 Å². The van der Waals surface area contributed by atoms with Crippen molar-refractivity contribution in [2.24, 2.45) is 0 Å². The summed E-state index contributed by atoms with van der Waals surface area (Å²) in [6.07, 6.45) is 3.32. The molecule has 0 spiro atoms. The average molecular weight is 308 g/mol. The summed E-state index contributed by atoms with van der Waals surface area (Å²) < 4.78 is 0. The number of carbonyl (C=O) groups is 1. The molecule has 23 heavy (non-hydrogen) atoms. The van der Waals surface area contributed by atoms with E-state index in [2.05, 4.69) is 47.5 Å². The summed E-state index contributed by atoms with van der Waals surface area (Å²) in [5, 5.41) is 3.08. The van der Waals surface area contributed by atoms with Gasteiger partial charge in [0.1, 0.15) is 0 Å². The number of hydrogen-bond donors (Lipinski definition) is 1. The smallest absolute Gasteiger partial charge is 0.238 e. The van der Waals surface area contributed by atoms with Gasteiger partial charge in [0.2, 0.25) is 5.91 Å². The van der Waals surface area contributed by atoms with Crippen LogP contribution in [0.15, 0.2) is 54.6 Å². The molecular weight excluding hydrogens is 284 g/mol. The topological polar surface area (TPSA) is 32.3 Å². The van der Waals surface area contributed by atoms with Crippen LogP contribution in [0.2, 0.25) is 0 Å². The summed E-state index contributed by atoms with van der Waals surface area (Å²) in [6.45, 7) is 3.41. The van der Waals surface area contributed by atoms with Crippen LogP contribution in [0.3, 0.4) is 0 Å². The van der Waals surface area contributed by atoms with E-state index < -0.39 is 0 Å². The van der Waals surface area contributed by atoms with Gasteiger partial charge in [-0.2, -0.15) is 0 Å². The summed E-state index contributed by atoms with van der Waals surface area (Å²) in [5.74, 6) is 0.0775. The van der Waals surface area contributed by atoms with Crippen molar-refractivity contribution in [2.75, 3.05) is 11.9 Å². The Hall–Kier alpha value is -2.13. The predicted octanol–water partition coefficient (Wildman–Crippen LogP) is 3.85. The Balaban J connectivity index is 1.62. The Kier molecular flexibility index (Phi) is 5.09. The number of amides is 1. The third-order valence-electron chi connectivity index (χ3n) is 4.31. The maximum Gasteiger partial charge on any atom is 0.238 e. The highest BCUT2D eigenvalue weighted by atomic mass is 16.2. The minimum absolute atomic E-state index is 0.0775. The minimum atomic E-state index is 0.0775. The van der Waals surface area contributed by atoms with Crippen LogP contribution >= 0.6 is 0 Å². The van der Waals surface area contributed by atoms with E-state index in [1.54, 1.807) is 0 Å². The maximum atomic E-state index is 12.5. The quantitative estimate of drug-likeness (QED) is 0.842. The van der Waals surface area contributed by atoms with Crippen LogP contribution < -0.4 is 5.32 Å². The molecule has 120 valence electrons. The van der Waals surface area contributed by atoms with E-state index >= 15 is 0 Å². The Morgan fingerprint density at radius 3 is 2.48 bits per heavy atom. The van der Waals surface area contributed by atoms with Gasteiger partial charge in [0.25, 0.3) is 0 Å². The van der Waals surface area contributed by atoms with Crippen LogP contribution in [0, 0.1) is 0 Å². The zero-order valence-corrected chi connectivity index (χ0v) is 13.7. The first-order chi connectivity index (χ1) is 11.3. The molecule has 1 N–H and O–H groups in total. The Morgan fingerprint density at radius 2 is 1.78 bits per heavy atom. The van der Waals surface area contributed by atoms with Crippen LogP contribution in [0.5, 0.6) is 0 Å². The highest BCUT2D eigenvalue weighted by Crippen LogP contribution is 2.28. The van der Waals surface area contributed by atoms with Gasteiger partial charge >= 0.3 is 0 Å². The zero-order valence-electron chi connectivity index (χ0n) is 13.7. The number of benzene rings is 2. The summed E-state index contributed by atoms with van der Waals surface area (Å²) in [7, 11) is 0. The first kappa shape index (κ1) is 15.8. The number of para-hydroxylation sites is 1. The molecule has 2 aromatic carbocycles. The van der Waals surface area contributed by atoms with Crippen molar-refractivity contribution in [3.63, 3.8) is 0 Å². The molecule has 3 heteroatoms. The van der Waals surface area contributed by atoms with Crippen molar-refractivity contribution in [1.29, 1.82) is 0 Å².